The Balaban J connectivity index is 1.96. The van der Waals surface area contributed by atoms with Gasteiger partial charge in [0.05, 0.1) is 23.1 Å². The van der Waals surface area contributed by atoms with E-state index >= 15 is 0 Å². The van der Waals surface area contributed by atoms with Gasteiger partial charge in [-0.3, -0.25) is 4.79 Å². The van der Waals surface area contributed by atoms with E-state index in [1.807, 2.05) is 9.58 Å². The van der Waals surface area contributed by atoms with Gasteiger partial charge in [-0.2, -0.15) is 5.10 Å². The summed E-state index contributed by atoms with van der Waals surface area (Å²) in [6.45, 7) is 9.69. The molecule has 0 radical (unpaired) electrons. The number of nitrogens with zero attached hydrogens (tertiary/aromatic N) is 3. The molecule has 0 saturated carbocycles. The van der Waals surface area contributed by atoms with Gasteiger partial charge in [0.15, 0.2) is 0 Å². The molecule has 1 saturated heterocycles. The largest absolute Gasteiger partial charge is 0.337 e. The van der Waals surface area contributed by atoms with Crippen molar-refractivity contribution >= 4 is 5.91 Å². The molecule has 1 aliphatic rings. The zero-order chi connectivity index (χ0) is 17.1. The molecule has 5 heteroatoms. The van der Waals surface area contributed by atoms with Crippen molar-refractivity contribution in [3.8, 4) is 5.69 Å². The zero-order valence-electron chi connectivity index (χ0n) is 14.7. The standard InChI is InChI=1S/C19H26N4O/c1-14(2)18-17(19(24)22-11-4-9-20-10-12-22)13-21-23(18)16-7-5-15(3)6-8-16/h5-8,13-14,20H,4,9-12H2,1-3H3. The fraction of sp³-hybridized carbons (Fsp3) is 0.474. The van der Waals surface area contributed by atoms with Crippen molar-refractivity contribution in [3.63, 3.8) is 0 Å². The number of benzene rings is 1. The molecule has 1 aromatic carbocycles. The zero-order valence-corrected chi connectivity index (χ0v) is 14.7. The van der Waals surface area contributed by atoms with Gasteiger partial charge in [-0.25, -0.2) is 4.68 Å². The van der Waals surface area contributed by atoms with Gasteiger partial charge in [0.1, 0.15) is 0 Å². The highest BCUT2D eigenvalue weighted by atomic mass is 16.2. The summed E-state index contributed by atoms with van der Waals surface area (Å²) < 4.78 is 1.91. The number of hydrogen-bond donors (Lipinski definition) is 1. The first-order valence-electron chi connectivity index (χ1n) is 8.73. The molecule has 3 rings (SSSR count). The summed E-state index contributed by atoms with van der Waals surface area (Å²) in [7, 11) is 0. The summed E-state index contributed by atoms with van der Waals surface area (Å²) in [4.78, 5) is 15.0. The van der Waals surface area contributed by atoms with Gasteiger partial charge < -0.3 is 10.2 Å². The first kappa shape index (κ1) is 16.7. The summed E-state index contributed by atoms with van der Waals surface area (Å²) in [5.74, 6) is 0.318. The minimum atomic E-state index is 0.0979. The molecule has 1 N–H and O–H groups in total. The minimum absolute atomic E-state index is 0.0979. The van der Waals surface area contributed by atoms with E-state index in [1.165, 1.54) is 5.56 Å². The van der Waals surface area contributed by atoms with E-state index in [0.717, 1.165) is 49.5 Å². The second-order valence-electron chi connectivity index (χ2n) is 6.74. The fourth-order valence-corrected chi connectivity index (χ4v) is 3.19. The molecule has 0 unspecified atom stereocenters. The maximum absolute atomic E-state index is 13.0. The number of aryl methyl sites for hydroxylation is 1. The van der Waals surface area contributed by atoms with Crippen molar-refractivity contribution in [2.45, 2.75) is 33.1 Å². The van der Waals surface area contributed by atoms with Crippen LogP contribution >= 0.6 is 0 Å². The molecule has 0 bridgehead atoms. The minimum Gasteiger partial charge on any atom is -0.337 e. The van der Waals surface area contributed by atoms with Crippen LogP contribution in [0.25, 0.3) is 5.69 Å². The Labute approximate surface area is 143 Å². The van der Waals surface area contributed by atoms with Crippen LogP contribution in [0.5, 0.6) is 0 Å². The van der Waals surface area contributed by atoms with Crippen molar-refractivity contribution in [1.29, 1.82) is 0 Å². The topological polar surface area (TPSA) is 50.2 Å². The Morgan fingerprint density at radius 2 is 1.92 bits per heavy atom. The summed E-state index contributed by atoms with van der Waals surface area (Å²) in [5.41, 5.74) is 3.93. The number of carbonyl (C=O) groups is 1. The van der Waals surface area contributed by atoms with Gasteiger partial charge in [-0.05, 0) is 37.9 Å². The van der Waals surface area contributed by atoms with Gasteiger partial charge in [0.25, 0.3) is 5.91 Å². The Morgan fingerprint density at radius 3 is 2.62 bits per heavy atom. The lowest BCUT2D eigenvalue weighted by atomic mass is 10.0. The number of amides is 1. The van der Waals surface area contributed by atoms with Crippen LogP contribution in [0.15, 0.2) is 30.5 Å². The molecular weight excluding hydrogens is 300 g/mol. The van der Waals surface area contributed by atoms with Crippen LogP contribution in [0.1, 0.15) is 47.8 Å². The molecule has 1 aromatic heterocycles. The molecule has 2 aromatic rings. The third-order valence-corrected chi connectivity index (χ3v) is 4.49. The number of hydrogen-bond acceptors (Lipinski definition) is 3. The normalized spacial score (nSPS) is 15.6. The van der Waals surface area contributed by atoms with Crippen molar-refractivity contribution in [3.05, 3.63) is 47.3 Å². The smallest absolute Gasteiger partial charge is 0.257 e. The van der Waals surface area contributed by atoms with E-state index in [0.29, 0.717) is 0 Å². The summed E-state index contributed by atoms with van der Waals surface area (Å²) in [6, 6.07) is 8.25. The highest BCUT2D eigenvalue weighted by Crippen LogP contribution is 2.24. The Hall–Kier alpha value is -2.14. The molecule has 0 atom stereocenters. The average molecular weight is 326 g/mol. The van der Waals surface area contributed by atoms with Crippen molar-refractivity contribution in [1.82, 2.24) is 20.0 Å². The van der Waals surface area contributed by atoms with Crippen LogP contribution in [0.4, 0.5) is 0 Å². The van der Waals surface area contributed by atoms with Crippen molar-refractivity contribution < 1.29 is 4.79 Å². The SMILES string of the molecule is Cc1ccc(-n2ncc(C(=O)N3CCCNCC3)c2C(C)C)cc1. The first-order chi connectivity index (χ1) is 11.6. The maximum atomic E-state index is 13.0. The first-order valence-corrected chi connectivity index (χ1v) is 8.73. The van der Waals surface area contributed by atoms with Gasteiger partial charge in [-0.1, -0.05) is 31.5 Å². The Morgan fingerprint density at radius 1 is 1.17 bits per heavy atom. The second kappa shape index (κ2) is 7.18. The molecule has 1 fully saturated rings. The lowest BCUT2D eigenvalue weighted by Gasteiger charge is -2.21. The number of carbonyl (C=O) groups excluding carboxylic acids is 1. The summed E-state index contributed by atoms with van der Waals surface area (Å²) in [6.07, 6.45) is 2.73. The quantitative estimate of drug-likeness (QED) is 0.943. The predicted octanol–water partition coefficient (Wildman–Crippen LogP) is 2.74. The third-order valence-electron chi connectivity index (χ3n) is 4.49. The number of aromatic nitrogens is 2. The maximum Gasteiger partial charge on any atom is 0.257 e. The number of rotatable bonds is 3. The molecule has 0 aliphatic carbocycles. The van der Waals surface area contributed by atoms with Crippen LogP contribution in [0.3, 0.4) is 0 Å². The Bertz CT molecular complexity index is 695. The summed E-state index contributed by atoms with van der Waals surface area (Å²) in [5, 5.41) is 7.87. The molecule has 1 amide bonds. The van der Waals surface area contributed by atoms with Crippen molar-refractivity contribution in [2.24, 2.45) is 0 Å². The monoisotopic (exact) mass is 326 g/mol. The van der Waals surface area contributed by atoms with Gasteiger partial charge in [0, 0.05) is 19.6 Å². The van der Waals surface area contributed by atoms with E-state index in [2.05, 4.69) is 55.5 Å². The molecule has 128 valence electrons. The summed E-state index contributed by atoms with van der Waals surface area (Å²) >= 11 is 0. The van der Waals surface area contributed by atoms with Crippen LogP contribution in [-0.4, -0.2) is 46.8 Å². The Kier molecular flexibility index (Phi) is 5.00. The highest BCUT2D eigenvalue weighted by molar-refractivity contribution is 5.95. The highest BCUT2D eigenvalue weighted by Gasteiger charge is 2.25. The lowest BCUT2D eigenvalue weighted by molar-refractivity contribution is 0.0765. The van der Waals surface area contributed by atoms with E-state index in [-0.39, 0.29) is 11.8 Å². The molecule has 5 nitrogen and oxygen atoms in total. The van der Waals surface area contributed by atoms with Crippen molar-refractivity contribution in [2.75, 3.05) is 26.2 Å². The fourth-order valence-electron chi connectivity index (χ4n) is 3.19. The average Bonchev–Trinajstić information content (AvgIpc) is 2.83. The third kappa shape index (κ3) is 3.36. The van der Waals surface area contributed by atoms with Crippen LogP contribution in [-0.2, 0) is 0 Å². The molecular formula is C19H26N4O. The van der Waals surface area contributed by atoms with Gasteiger partial charge in [0.2, 0.25) is 0 Å². The van der Waals surface area contributed by atoms with Gasteiger partial charge >= 0.3 is 0 Å². The van der Waals surface area contributed by atoms with Crippen LogP contribution < -0.4 is 5.32 Å². The molecule has 0 spiro atoms. The predicted molar refractivity (Wildman–Crippen MR) is 95.8 cm³/mol. The molecule has 24 heavy (non-hydrogen) atoms. The van der Waals surface area contributed by atoms with Gasteiger partial charge in [-0.15, -0.1) is 0 Å². The second-order valence-corrected chi connectivity index (χ2v) is 6.74. The molecule has 2 heterocycles. The molecule has 1 aliphatic heterocycles. The van der Waals surface area contributed by atoms with E-state index in [1.54, 1.807) is 6.20 Å². The number of nitrogens with one attached hydrogen (secondary N) is 1. The van der Waals surface area contributed by atoms with Crippen LogP contribution in [0, 0.1) is 6.92 Å². The van der Waals surface area contributed by atoms with E-state index in [9.17, 15) is 4.79 Å². The van der Waals surface area contributed by atoms with E-state index < -0.39 is 0 Å². The van der Waals surface area contributed by atoms with Crippen LogP contribution in [0.2, 0.25) is 0 Å². The van der Waals surface area contributed by atoms with E-state index in [4.69, 9.17) is 0 Å². The lowest BCUT2D eigenvalue weighted by Crippen LogP contribution is -2.34.